The van der Waals surface area contributed by atoms with Crippen molar-refractivity contribution in [1.82, 2.24) is 24.1 Å². The summed E-state index contributed by atoms with van der Waals surface area (Å²) in [7, 11) is 0. The fourth-order valence-corrected chi connectivity index (χ4v) is 3.54. The zero-order valence-electron chi connectivity index (χ0n) is 15.5. The molecular formula is C19H18F2N6O2. The minimum Gasteiger partial charge on any atom is -0.468 e. The average Bonchev–Trinajstić information content (AvgIpc) is 3.19. The number of aryl methyl sites for hydroxylation is 1. The van der Waals surface area contributed by atoms with Gasteiger partial charge < -0.3 is 19.8 Å². The van der Waals surface area contributed by atoms with Crippen LogP contribution >= 0.6 is 0 Å². The minimum atomic E-state index is -2.47. The third kappa shape index (κ3) is 3.05. The van der Waals surface area contributed by atoms with Crippen molar-refractivity contribution in [2.75, 3.05) is 18.9 Å². The van der Waals surface area contributed by atoms with Crippen LogP contribution in [0.5, 0.6) is 5.88 Å². The molecule has 4 aromatic rings. The molecule has 1 aliphatic heterocycles. The van der Waals surface area contributed by atoms with Crippen LogP contribution in [0.3, 0.4) is 0 Å². The molecule has 1 aliphatic rings. The number of halogens is 2. The van der Waals surface area contributed by atoms with E-state index in [1.54, 1.807) is 17.6 Å². The van der Waals surface area contributed by atoms with Crippen molar-refractivity contribution >= 4 is 22.5 Å². The van der Waals surface area contributed by atoms with Gasteiger partial charge in [0.15, 0.2) is 0 Å². The van der Waals surface area contributed by atoms with Gasteiger partial charge in [-0.15, -0.1) is 5.10 Å². The number of hydrogen-bond acceptors (Lipinski definition) is 6. The SMILES string of the molecule is Cc1nc2ccc(-c3ccn4nc(N)nc(OC5COC5)c34)cc2n1CC(F)F. The lowest BCUT2D eigenvalue weighted by Crippen LogP contribution is -2.39. The Kier molecular flexibility index (Phi) is 4.09. The maximum absolute atomic E-state index is 13.0. The molecule has 10 heteroatoms. The summed E-state index contributed by atoms with van der Waals surface area (Å²) in [5, 5.41) is 4.21. The molecule has 3 aromatic heterocycles. The molecule has 2 N–H and O–H groups in total. The average molecular weight is 400 g/mol. The van der Waals surface area contributed by atoms with Gasteiger partial charge in [0.1, 0.15) is 17.4 Å². The molecule has 5 rings (SSSR count). The molecule has 0 bridgehead atoms. The Morgan fingerprint density at radius 1 is 1.28 bits per heavy atom. The number of aromatic nitrogens is 5. The van der Waals surface area contributed by atoms with Crippen LogP contribution in [-0.4, -0.2) is 49.9 Å². The van der Waals surface area contributed by atoms with Gasteiger partial charge in [-0.25, -0.2) is 18.3 Å². The van der Waals surface area contributed by atoms with E-state index in [0.717, 1.165) is 11.1 Å². The van der Waals surface area contributed by atoms with E-state index in [-0.39, 0.29) is 12.1 Å². The number of rotatable bonds is 5. The standard InChI is InChI=1S/C19H18F2N6O2/c1-10-23-14-3-2-11(6-15(14)26(10)7-16(20)21)13-4-5-27-17(13)18(24-19(22)25-27)29-12-8-28-9-12/h2-6,12,16H,7-9H2,1H3,(H2,22,25). The van der Waals surface area contributed by atoms with Crippen molar-refractivity contribution in [3.8, 4) is 17.0 Å². The van der Waals surface area contributed by atoms with E-state index in [4.69, 9.17) is 15.2 Å². The number of nitrogens with zero attached hydrogens (tertiary/aromatic N) is 5. The number of nitrogens with two attached hydrogens (primary N) is 1. The Hall–Kier alpha value is -3.27. The van der Waals surface area contributed by atoms with Crippen molar-refractivity contribution in [3.05, 3.63) is 36.3 Å². The number of ether oxygens (including phenoxy) is 2. The van der Waals surface area contributed by atoms with Crippen molar-refractivity contribution < 1.29 is 18.3 Å². The summed E-state index contributed by atoms with van der Waals surface area (Å²) in [4.78, 5) is 8.64. The van der Waals surface area contributed by atoms with Crippen molar-refractivity contribution in [2.24, 2.45) is 0 Å². The van der Waals surface area contributed by atoms with Gasteiger partial charge in [0.2, 0.25) is 11.8 Å². The van der Waals surface area contributed by atoms with E-state index in [0.29, 0.717) is 41.5 Å². The van der Waals surface area contributed by atoms with Gasteiger partial charge in [0, 0.05) is 11.8 Å². The highest BCUT2D eigenvalue weighted by atomic mass is 19.3. The van der Waals surface area contributed by atoms with Gasteiger partial charge in [-0.1, -0.05) is 6.07 Å². The minimum absolute atomic E-state index is 0.0894. The first-order chi connectivity index (χ1) is 14.0. The lowest BCUT2D eigenvalue weighted by atomic mass is 10.1. The van der Waals surface area contributed by atoms with E-state index in [2.05, 4.69) is 15.1 Å². The fraction of sp³-hybridized carbons (Fsp3) is 0.316. The van der Waals surface area contributed by atoms with Gasteiger partial charge in [0.05, 0.1) is 30.8 Å². The lowest BCUT2D eigenvalue weighted by molar-refractivity contribution is -0.0808. The molecule has 0 amide bonds. The maximum Gasteiger partial charge on any atom is 0.256 e. The smallest absolute Gasteiger partial charge is 0.256 e. The van der Waals surface area contributed by atoms with Crippen LogP contribution in [0.25, 0.3) is 27.7 Å². The quantitative estimate of drug-likeness (QED) is 0.554. The topological polar surface area (TPSA) is 92.5 Å². The molecule has 1 aromatic carbocycles. The van der Waals surface area contributed by atoms with Gasteiger partial charge in [-0.3, -0.25) is 0 Å². The van der Waals surface area contributed by atoms with E-state index < -0.39 is 13.0 Å². The van der Waals surface area contributed by atoms with Crippen LogP contribution < -0.4 is 10.5 Å². The van der Waals surface area contributed by atoms with E-state index >= 15 is 0 Å². The molecular weight excluding hydrogens is 382 g/mol. The summed E-state index contributed by atoms with van der Waals surface area (Å²) >= 11 is 0. The van der Waals surface area contributed by atoms with Crippen LogP contribution in [0.2, 0.25) is 0 Å². The monoisotopic (exact) mass is 400 g/mol. The number of alkyl halides is 2. The first-order valence-corrected chi connectivity index (χ1v) is 9.14. The first-order valence-electron chi connectivity index (χ1n) is 9.14. The zero-order valence-corrected chi connectivity index (χ0v) is 15.5. The third-order valence-corrected chi connectivity index (χ3v) is 4.95. The summed E-state index contributed by atoms with van der Waals surface area (Å²) in [5.74, 6) is 1.00. The Balaban J connectivity index is 1.66. The zero-order chi connectivity index (χ0) is 20.1. The highest BCUT2D eigenvalue weighted by molar-refractivity contribution is 5.89. The number of benzene rings is 1. The predicted molar refractivity (Wildman–Crippen MR) is 102 cm³/mol. The second-order valence-electron chi connectivity index (χ2n) is 6.94. The van der Waals surface area contributed by atoms with E-state index in [9.17, 15) is 8.78 Å². The number of imidazole rings is 1. The number of anilines is 1. The summed E-state index contributed by atoms with van der Waals surface area (Å²) < 4.78 is 40.3. The van der Waals surface area contributed by atoms with Gasteiger partial charge in [0.25, 0.3) is 6.43 Å². The van der Waals surface area contributed by atoms with Crippen LogP contribution in [0.1, 0.15) is 5.82 Å². The van der Waals surface area contributed by atoms with Crippen LogP contribution in [-0.2, 0) is 11.3 Å². The molecule has 1 fully saturated rings. The lowest BCUT2D eigenvalue weighted by Gasteiger charge is -2.26. The number of fused-ring (bicyclic) bond motifs is 2. The van der Waals surface area contributed by atoms with Crippen LogP contribution in [0.15, 0.2) is 30.5 Å². The second kappa shape index (κ2) is 6.66. The maximum atomic E-state index is 13.0. The molecule has 1 saturated heterocycles. The molecule has 0 aliphatic carbocycles. The summed E-state index contributed by atoms with van der Waals surface area (Å²) in [6.45, 7) is 2.30. The number of hydrogen-bond donors (Lipinski definition) is 1. The van der Waals surface area contributed by atoms with Gasteiger partial charge in [-0.05, 0) is 30.7 Å². The molecule has 150 valence electrons. The Labute approximate surface area is 163 Å². The fourth-order valence-electron chi connectivity index (χ4n) is 3.54. The molecule has 0 unspecified atom stereocenters. The van der Waals surface area contributed by atoms with Crippen molar-refractivity contribution in [1.29, 1.82) is 0 Å². The summed E-state index contributed by atoms with van der Waals surface area (Å²) in [5.41, 5.74) is 9.41. The number of nitrogen functional groups attached to an aromatic ring is 1. The first kappa shape index (κ1) is 17.8. The molecule has 0 radical (unpaired) electrons. The largest absolute Gasteiger partial charge is 0.468 e. The van der Waals surface area contributed by atoms with Crippen molar-refractivity contribution in [3.63, 3.8) is 0 Å². The van der Waals surface area contributed by atoms with E-state index in [1.165, 1.54) is 4.57 Å². The molecule has 4 heterocycles. The van der Waals surface area contributed by atoms with Crippen molar-refractivity contribution in [2.45, 2.75) is 26.0 Å². The van der Waals surface area contributed by atoms with Crippen LogP contribution in [0, 0.1) is 6.92 Å². The summed E-state index contributed by atoms with van der Waals surface area (Å²) in [6, 6.07) is 7.43. The van der Waals surface area contributed by atoms with E-state index in [1.807, 2.05) is 24.3 Å². The van der Waals surface area contributed by atoms with Crippen LogP contribution in [0.4, 0.5) is 14.7 Å². The predicted octanol–water partition coefficient (Wildman–Crippen LogP) is 2.68. The molecule has 0 atom stereocenters. The third-order valence-electron chi connectivity index (χ3n) is 4.95. The molecule has 8 nitrogen and oxygen atoms in total. The molecule has 29 heavy (non-hydrogen) atoms. The Morgan fingerprint density at radius 3 is 2.83 bits per heavy atom. The highest BCUT2D eigenvalue weighted by Crippen LogP contribution is 2.34. The molecule has 0 saturated carbocycles. The molecule has 0 spiro atoms. The highest BCUT2D eigenvalue weighted by Gasteiger charge is 2.24. The Bertz CT molecular complexity index is 1210. The van der Waals surface area contributed by atoms with Gasteiger partial charge >= 0.3 is 0 Å². The van der Waals surface area contributed by atoms with Gasteiger partial charge in [-0.2, -0.15) is 4.98 Å². The second-order valence-corrected chi connectivity index (χ2v) is 6.94. The Morgan fingerprint density at radius 2 is 2.10 bits per heavy atom. The normalized spacial score (nSPS) is 14.8. The summed E-state index contributed by atoms with van der Waals surface area (Å²) in [6.07, 6.45) is -0.793.